The third kappa shape index (κ3) is 4.04. The zero-order valence-electron chi connectivity index (χ0n) is 21.9. The van der Waals surface area contributed by atoms with Crippen molar-refractivity contribution in [3.63, 3.8) is 0 Å². The second-order valence-corrected chi connectivity index (χ2v) is 11.3. The number of pyridine rings is 1. The van der Waals surface area contributed by atoms with Gasteiger partial charge in [-0.2, -0.15) is 5.23 Å². The van der Waals surface area contributed by atoms with Gasteiger partial charge in [0.15, 0.2) is 11.4 Å². The highest BCUT2D eigenvalue weighted by Crippen LogP contribution is 2.47. The summed E-state index contributed by atoms with van der Waals surface area (Å²) in [7, 11) is 0. The highest BCUT2D eigenvalue weighted by atomic mass is 16.8. The van der Waals surface area contributed by atoms with Crippen molar-refractivity contribution < 1.29 is 24.4 Å². The third-order valence-corrected chi connectivity index (χ3v) is 9.18. The molecule has 40 heavy (non-hydrogen) atoms. The van der Waals surface area contributed by atoms with Gasteiger partial charge in [-0.25, -0.2) is 5.21 Å². The van der Waals surface area contributed by atoms with E-state index < -0.39 is 5.23 Å². The number of aromatic nitrogens is 1. The molecule has 4 aliphatic rings. The van der Waals surface area contributed by atoms with Gasteiger partial charge in [0, 0.05) is 80.8 Å². The predicted molar refractivity (Wildman–Crippen MR) is 143 cm³/mol. The van der Waals surface area contributed by atoms with Gasteiger partial charge in [0.05, 0.1) is 12.2 Å². The minimum atomic E-state index is -0.992. The van der Waals surface area contributed by atoms with Gasteiger partial charge < -0.3 is 28.9 Å². The molecule has 2 fully saturated rings. The number of piperidine rings is 1. The first kappa shape index (κ1) is 25.1. The number of hydrogen-bond donors (Lipinski definition) is 2. The van der Waals surface area contributed by atoms with Crippen molar-refractivity contribution in [1.82, 2.24) is 14.4 Å². The van der Waals surface area contributed by atoms with Gasteiger partial charge in [-0.15, -0.1) is 0 Å². The van der Waals surface area contributed by atoms with E-state index in [-0.39, 0.29) is 52.6 Å². The number of anilines is 1. The lowest BCUT2D eigenvalue weighted by atomic mass is 9.69. The Morgan fingerprint density at radius 2 is 1.80 bits per heavy atom. The number of carbonyl (C=O) groups is 2. The Balaban J connectivity index is 1.19. The first-order chi connectivity index (χ1) is 19.4. The number of rotatable bonds is 3. The van der Waals surface area contributed by atoms with E-state index in [1.807, 2.05) is 27.7 Å². The maximum absolute atomic E-state index is 14.2. The Kier molecular flexibility index (Phi) is 6.02. The molecule has 2 N–H and O–H groups in total. The van der Waals surface area contributed by atoms with E-state index in [9.17, 15) is 24.8 Å². The van der Waals surface area contributed by atoms with E-state index in [1.54, 1.807) is 35.2 Å². The Morgan fingerprint density at radius 3 is 2.55 bits per heavy atom. The molecule has 7 rings (SSSR count). The number of carbonyl (C=O) groups excluding carboxylic acids is 2. The van der Waals surface area contributed by atoms with Crippen molar-refractivity contribution in [2.75, 3.05) is 37.6 Å². The number of amides is 2. The van der Waals surface area contributed by atoms with Crippen molar-refractivity contribution in [3.05, 3.63) is 87.4 Å². The Morgan fingerprint density at radius 1 is 1.00 bits per heavy atom. The van der Waals surface area contributed by atoms with Crippen LogP contribution in [0.4, 0.5) is 11.4 Å². The topological polar surface area (TPSA) is 127 Å². The smallest absolute Gasteiger partial charge is 0.289 e. The van der Waals surface area contributed by atoms with Gasteiger partial charge in [0.2, 0.25) is 5.91 Å². The van der Waals surface area contributed by atoms with Crippen molar-refractivity contribution in [2.45, 2.75) is 31.3 Å². The van der Waals surface area contributed by atoms with E-state index in [1.165, 1.54) is 6.26 Å². The molecule has 2 amide bonds. The maximum Gasteiger partial charge on any atom is 0.289 e. The first-order valence-corrected chi connectivity index (χ1v) is 13.8. The van der Waals surface area contributed by atoms with Gasteiger partial charge >= 0.3 is 0 Å². The number of benzene rings is 1. The first-order valence-electron chi connectivity index (χ1n) is 13.8. The standard InChI is InChI=1S/C29H31N5O6/c35-26-5-1-3-23-19-13-20(17-32(23)26)27-22(15-18-14-21(34(38)39)6-7-24(18)33(27)16-19)28(36)30-8-10-31(11-9-30)29(37)25-4-2-12-40-25/h1-7,12,14,19-20,22,27,34,38H,8-11,13,15-17H2. The molecule has 0 saturated carbocycles. The number of furan rings is 1. The summed E-state index contributed by atoms with van der Waals surface area (Å²) >= 11 is 0. The number of fused-ring (bicyclic) bond motifs is 8. The number of hydrogen-bond acceptors (Lipinski definition) is 7. The summed E-state index contributed by atoms with van der Waals surface area (Å²) in [5.74, 6) is 0.0149. The van der Waals surface area contributed by atoms with E-state index >= 15 is 0 Å². The molecule has 208 valence electrons. The SMILES string of the molecule is O=C(c1ccco1)N1CCN(C(=O)C2Cc3cc([NH+]([O-])O)ccc3N3CC4CC(Cn5c4cccc5=O)C23)CC1. The molecule has 0 aliphatic carbocycles. The molecular weight excluding hydrogens is 514 g/mol. The van der Waals surface area contributed by atoms with Crippen molar-refractivity contribution in [2.24, 2.45) is 11.8 Å². The molecule has 11 heteroatoms. The molecule has 0 spiro atoms. The molecule has 1 aromatic carbocycles. The molecule has 2 aromatic heterocycles. The Labute approximate surface area is 230 Å². The fraction of sp³-hybridized carbons (Fsp3) is 0.414. The van der Waals surface area contributed by atoms with Crippen molar-refractivity contribution >= 4 is 23.2 Å². The van der Waals surface area contributed by atoms with E-state index in [0.29, 0.717) is 45.7 Å². The van der Waals surface area contributed by atoms with Gasteiger partial charge in [0.1, 0.15) is 0 Å². The zero-order valence-corrected chi connectivity index (χ0v) is 21.9. The summed E-state index contributed by atoms with van der Waals surface area (Å²) in [5, 5.41) is 20.4. The van der Waals surface area contributed by atoms with Crippen molar-refractivity contribution in [1.29, 1.82) is 0 Å². The molecule has 11 nitrogen and oxygen atoms in total. The average Bonchev–Trinajstić information content (AvgIpc) is 3.51. The molecular formula is C29H31N5O6. The molecule has 5 unspecified atom stereocenters. The second-order valence-electron chi connectivity index (χ2n) is 11.3. The highest BCUT2D eigenvalue weighted by Gasteiger charge is 2.50. The van der Waals surface area contributed by atoms with Gasteiger partial charge in [-0.05, 0) is 48.6 Å². The molecule has 2 saturated heterocycles. The fourth-order valence-electron chi connectivity index (χ4n) is 7.39. The number of nitrogens with zero attached hydrogens (tertiary/aromatic N) is 4. The highest BCUT2D eigenvalue weighted by molar-refractivity contribution is 5.91. The lowest BCUT2D eigenvalue weighted by molar-refractivity contribution is -0.991. The van der Waals surface area contributed by atoms with Crippen LogP contribution in [0.25, 0.3) is 0 Å². The van der Waals surface area contributed by atoms with Crippen LogP contribution in [0.3, 0.4) is 0 Å². The summed E-state index contributed by atoms with van der Waals surface area (Å²) in [5.41, 5.74) is 3.07. The van der Waals surface area contributed by atoms with Crippen LogP contribution in [0.1, 0.15) is 34.2 Å². The molecule has 2 bridgehead atoms. The van der Waals surface area contributed by atoms with E-state index in [4.69, 9.17) is 4.42 Å². The number of nitrogens with one attached hydrogen (secondary N) is 1. The molecule has 5 atom stereocenters. The van der Waals surface area contributed by atoms with Gasteiger partial charge in [-0.3, -0.25) is 14.4 Å². The monoisotopic (exact) mass is 545 g/mol. The van der Waals surface area contributed by atoms with Crippen LogP contribution in [-0.4, -0.2) is 70.2 Å². The van der Waals surface area contributed by atoms with Crippen LogP contribution in [0, 0.1) is 17.0 Å². The lowest BCUT2D eigenvalue weighted by Crippen LogP contribution is -2.99. The van der Waals surface area contributed by atoms with Gasteiger partial charge in [-0.1, -0.05) is 6.07 Å². The second kappa shape index (κ2) is 9.61. The summed E-state index contributed by atoms with van der Waals surface area (Å²) in [6.45, 7) is 2.91. The van der Waals surface area contributed by atoms with Crippen LogP contribution < -0.4 is 15.7 Å². The summed E-state index contributed by atoms with van der Waals surface area (Å²) in [6, 6.07) is 13.9. The predicted octanol–water partition coefficient (Wildman–Crippen LogP) is 0.994. The minimum absolute atomic E-state index is 0.0109. The Bertz CT molecular complexity index is 1510. The number of quaternary nitrogens is 1. The fourth-order valence-corrected chi connectivity index (χ4v) is 7.39. The third-order valence-electron chi connectivity index (χ3n) is 9.18. The van der Waals surface area contributed by atoms with E-state index in [2.05, 4.69) is 4.90 Å². The quantitative estimate of drug-likeness (QED) is 0.470. The summed E-state index contributed by atoms with van der Waals surface area (Å²) in [4.78, 5) is 45.6. The average molecular weight is 546 g/mol. The van der Waals surface area contributed by atoms with Crippen LogP contribution in [0.5, 0.6) is 0 Å². The van der Waals surface area contributed by atoms with E-state index in [0.717, 1.165) is 23.4 Å². The largest absolute Gasteiger partial charge is 0.595 e. The molecule has 3 aromatic rings. The normalized spacial score (nSPS) is 26.0. The van der Waals surface area contributed by atoms with Crippen LogP contribution in [-0.2, 0) is 17.8 Å². The maximum atomic E-state index is 14.2. The van der Waals surface area contributed by atoms with Crippen LogP contribution in [0.2, 0.25) is 0 Å². The minimum Gasteiger partial charge on any atom is -0.595 e. The molecule has 0 radical (unpaired) electrons. The van der Waals surface area contributed by atoms with Crippen LogP contribution >= 0.6 is 0 Å². The summed E-state index contributed by atoms with van der Waals surface area (Å²) in [6.07, 6.45) is 2.82. The molecule has 4 aliphatic heterocycles. The summed E-state index contributed by atoms with van der Waals surface area (Å²) < 4.78 is 7.14. The van der Waals surface area contributed by atoms with Gasteiger partial charge in [0.25, 0.3) is 11.5 Å². The number of piperazine rings is 1. The zero-order chi connectivity index (χ0) is 27.5. The Hall–Kier alpha value is -3.93. The lowest BCUT2D eigenvalue weighted by Gasteiger charge is -2.55. The molecule has 6 heterocycles. The van der Waals surface area contributed by atoms with Crippen molar-refractivity contribution in [3.8, 4) is 0 Å². The van der Waals surface area contributed by atoms with Crippen LogP contribution in [0.15, 0.2) is 64.0 Å².